The van der Waals surface area contributed by atoms with Crippen molar-refractivity contribution in [1.82, 2.24) is 10.2 Å². The first kappa shape index (κ1) is 29.4. The summed E-state index contributed by atoms with van der Waals surface area (Å²) in [7, 11) is 0. The van der Waals surface area contributed by atoms with Crippen LogP contribution in [0.1, 0.15) is 95.9 Å². The maximum absolute atomic E-state index is 13.1. The second-order valence-electron chi connectivity index (χ2n) is 12.7. The van der Waals surface area contributed by atoms with Crippen LogP contribution in [0.25, 0.3) is 0 Å². The van der Waals surface area contributed by atoms with Crippen LogP contribution in [0.15, 0.2) is 0 Å². The number of Topliss-reactive ketones (excluding diaryl/α,β-unsaturated/α-hetero) is 3. The van der Waals surface area contributed by atoms with Gasteiger partial charge in [0.15, 0.2) is 17.3 Å². The molecule has 0 aliphatic carbocycles. The highest BCUT2D eigenvalue weighted by Crippen LogP contribution is 2.22. The highest BCUT2D eigenvalue weighted by Gasteiger charge is 2.34. The molecule has 0 aliphatic rings. The van der Waals surface area contributed by atoms with Crippen LogP contribution in [0.3, 0.4) is 0 Å². The number of carbonyl (C=O) groups excluding carboxylic acids is 4. The van der Waals surface area contributed by atoms with Gasteiger partial charge in [0.2, 0.25) is 5.91 Å². The Balaban J connectivity index is 5.59. The van der Waals surface area contributed by atoms with Crippen LogP contribution in [0.4, 0.5) is 0 Å². The highest BCUT2D eigenvalue weighted by molar-refractivity contribution is 5.94. The normalized spacial score (nSPS) is 14.2. The molecule has 0 aliphatic heterocycles. The van der Waals surface area contributed by atoms with E-state index >= 15 is 0 Å². The molecule has 6 nitrogen and oxygen atoms in total. The fourth-order valence-electron chi connectivity index (χ4n) is 2.79. The molecular formula is C25H46N2O4. The Morgan fingerprint density at radius 2 is 1.06 bits per heavy atom. The molecule has 0 saturated carbocycles. The third-order valence-electron chi connectivity index (χ3n) is 5.00. The Hall–Kier alpha value is -1.56. The monoisotopic (exact) mass is 438 g/mol. The van der Waals surface area contributed by atoms with Crippen molar-refractivity contribution < 1.29 is 19.2 Å². The minimum absolute atomic E-state index is 0.0401. The number of amides is 1. The summed E-state index contributed by atoms with van der Waals surface area (Å²) in [6, 6.07) is -0.484. The zero-order valence-corrected chi connectivity index (χ0v) is 22.0. The number of hydrogen-bond acceptors (Lipinski definition) is 5. The maximum Gasteiger partial charge on any atom is 0.223 e. The summed E-state index contributed by atoms with van der Waals surface area (Å²) in [5, 5.41) is 3.33. The van der Waals surface area contributed by atoms with E-state index in [2.05, 4.69) is 5.32 Å². The summed E-state index contributed by atoms with van der Waals surface area (Å²) >= 11 is 0. The van der Waals surface area contributed by atoms with E-state index in [1.54, 1.807) is 41.5 Å². The topological polar surface area (TPSA) is 83.6 Å². The molecule has 1 unspecified atom stereocenters. The quantitative estimate of drug-likeness (QED) is 0.583. The summed E-state index contributed by atoms with van der Waals surface area (Å²) in [6.45, 7) is 22.1. The fraction of sp³-hybridized carbons (Fsp3) is 0.840. The zero-order chi connectivity index (χ0) is 25.0. The van der Waals surface area contributed by atoms with E-state index in [0.29, 0.717) is 6.42 Å². The molecule has 0 rings (SSSR count). The number of rotatable bonds is 9. The van der Waals surface area contributed by atoms with Crippen molar-refractivity contribution in [1.29, 1.82) is 0 Å². The molecule has 1 atom stereocenters. The Kier molecular flexibility index (Phi) is 9.85. The molecule has 1 N–H and O–H groups in total. The second-order valence-corrected chi connectivity index (χ2v) is 12.7. The van der Waals surface area contributed by atoms with Crippen molar-refractivity contribution in [3.63, 3.8) is 0 Å². The van der Waals surface area contributed by atoms with Crippen LogP contribution in [0.2, 0.25) is 0 Å². The summed E-state index contributed by atoms with van der Waals surface area (Å²) in [5.41, 5.74) is -2.06. The largest absolute Gasteiger partial charge is 0.328 e. The van der Waals surface area contributed by atoms with Crippen molar-refractivity contribution in [2.24, 2.45) is 16.2 Å². The first-order valence-corrected chi connectivity index (χ1v) is 11.2. The van der Waals surface area contributed by atoms with Gasteiger partial charge in [-0.15, -0.1) is 0 Å². The lowest BCUT2D eigenvalue weighted by molar-refractivity contribution is -0.142. The van der Waals surface area contributed by atoms with Crippen LogP contribution in [0, 0.1) is 16.2 Å². The first-order valence-electron chi connectivity index (χ1n) is 11.2. The van der Waals surface area contributed by atoms with E-state index < -0.39 is 22.3 Å². The number of carbonyl (C=O) groups is 4. The molecule has 1 amide bonds. The SMILES string of the molecule is CC(C)(C)NC(CCC(=O)N(CC(=O)C(C)(C)C)CC(=O)C(C)(C)C)C(=O)C(C)(C)C. The predicted molar refractivity (Wildman–Crippen MR) is 126 cm³/mol. The third kappa shape index (κ3) is 11.0. The smallest absolute Gasteiger partial charge is 0.223 e. The minimum atomic E-state index is -0.609. The Bertz CT molecular complexity index is 640. The second kappa shape index (κ2) is 10.4. The van der Waals surface area contributed by atoms with Gasteiger partial charge in [0, 0.05) is 28.2 Å². The number of ketones is 3. The third-order valence-corrected chi connectivity index (χ3v) is 5.00. The molecule has 0 spiro atoms. The lowest BCUT2D eigenvalue weighted by Gasteiger charge is -2.32. The molecule has 0 aromatic rings. The van der Waals surface area contributed by atoms with Crippen molar-refractivity contribution in [2.45, 2.75) is 108 Å². The molecule has 0 aromatic heterocycles. The maximum atomic E-state index is 13.1. The van der Waals surface area contributed by atoms with Gasteiger partial charge in [-0.25, -0.2) is 0 Å². The molecular weight excluding hydrogens is 392 g/mol. The van der Waals surface area contributed by atoms with E-state index in [0.717, 1.165) is 0 Å². The van der Waals surface area contributed by atoms with Crippen molar-refractivity contribution in [3.8, 4) is 0 Å². The lowest BCUT2D eigenvalue weighted by Crippen LogP contribution is -2.51. The van der Waals surface area contributed by atoms with Gasteiger partial charge in [-0.3, -0.25) is 19.2 Å². The number of nitrogens with one attached hydrogen (secondary N) is 1. The summed E-state index contributed by atoms with van der Waals surface area (Å²) in [6.07, 6.45) is 0.403. The van der Waals surface area contributed by atoms with Gasteiger partial charge in [0.1, 0.15) is 0 Å². The van der Waals surface area contributed by atoms with Gasteiger partial charge in [0.05, 0.1) is 19.1 Å². The molecule has 31 heavy (non-hydrogen) atoms. The number of hydrogen-bond donors (Lipinski definition) is 1. The van der Waals surface area contributed by atoms with Crippen molar-refractivity contribution in [2.75, 3.05) is 13.1 Å². The van der Waals surface area contributed by atoms with Gasteiger partial charge >= 0.3 is 0 Å². The zero-order valence-electron chi connectivity index (χ0n) is 22.0. The average molecular weight is 439 g/mol. The van der Waals surface area contributed by atoms with E-state index in [9.17, 15) is 19.2 Å². The summed E-state index contributed by atoms with van der Waals surface area (Å²) in [5.74, 6) is -0.439. The predicted octanol–water partition coefficient (Wildman–Crippen LogP) is 4.20. The van der Waals surface area contributed by atoms with Crippen LogP contribution < -0.4 is 5.32 Å². The molecule has 6 heteroatoms. The van der Waals surface area contributed by atoms with Gasteiger partial charge in [0.25, 0.3) is 0 Å². The van der Waals surface area contributed by atoms with Gasteiger partial charge in [-0.2, -0.15) is 0 Å². The Morgan fingerprint density at radius 1 is 0.677 bits per heavy atom. The van der Waals surface area contributed by atoms with Gasteiger partial charge < -0.3 is 10.2 Å². The highest BCUT2D eigenvalue weighted by atomic mass is 16.2. The molecule has 0 aromatic carbocycles. The van der Waals surface area contributed by atoms with Crippen molar-refractivity contribution in [3.05, 3.63) is 0 Å². The lowest BCUT2D eigenvalue weighted by atomic mass is 9.84. The average Bonchev–Trinajstić information content (AvgIpc) is 2.53. The van der Waals surface area contributed by atoms with Crippen LogP contribution >= 0.6 is 0 Å². The van der Waals surface area contributed by atoms with Crippen LogP contribution in [-0.4, -0.2) is 52.8 Å². The van der Waals surface area contributed by atoms with Crippen LogP contribution in [-0.2, 0) is 19.2 Å². The number of nitrogens with zero attached hydrogens (tertiary/aromatic N) is 1. The minimum Gasteiger partial charge on any atom is -0.328 e. The first-order chi connectivity index (χ1) is 13.6. The van der Waals surface area contributed by atoms with E-state index in [-0.39, 0.29) is 48.3 Å². The standard InChI is InChI=1S/C25H46N2O4/c1-22(2,3)18(28)15-27(16-19(29)23(4,5)6)20(30)14-13-17(26-25(10,11)12)21(31)24(7,8)9/h17,26H,13-16H2,1-12H3. The fourth-order valence-corrected chi connectivity index (χ4v) is 2.79. The van der Waals surface area contributed by atoms with E-state index in [1.165, 1.54) is 4.90 Å². The van der Waals surface area contributed by atoms with Gasteiger partial charge in [-0.1, -0.05) is 62.3 Å². The Labute approximate surface area is 189 Å². The molecule has 0 fully saturated rings. The van der Waals surface area contributed by atoms with Gasteiger partial charge in [-0.05, 0) is 27.2 Å². The Morgan fingerprint density at radius 3 is 1.35 bits per heavy atom. The van der Waals surface area contributed by atoms with E-state index in [4.69, 9.17) is 0 Å². The molecule has 0 heterocycles. The molecule has 0 saturated heterocycles. The van der Waals surface area contributed by atoms with E-state index in [1.807, 2.05) is 41.5 Å². The summed E-state index contributed by atoms with van der Waals surface area (Å²) in [4.78, 5) is 52.6. The van der Waals surface area contributed by atoms with Crippen LogP contribution in [0.5, 0.6) is 0 Å². The molecule has 180 valence electrons. The molecule has 0 bridgehead atoms. The van der Waals surface area contributed by atoms with Crippen molar-refractivity contribution >= 4 is 23.3 Å². The molecule has 0 radical (unpaired) electrons. The summed E-state index contributed by atoms with van der Waals surface area (Å²) < 4.78 is 0.